The lowest BCUT2D eigenvalue weighted by Gasteiger charge is -2.11. The molecule has 3 aromatic rings. The van der Waals surface area contributed by atoms with Crippen molar-refractivity contribution < 1.29 is 33.5 Å². The van der Waals surface area contributed by atoms with Crippen LogP contribution < -0.4 is 15.1 Å². The third-order valence-corrected chi connectivity index (χ3v) is 4.50. The van der Waals surface area contributed by atoms with Crippen molar-refractivity contribution in [2.45, 2.75) is 13.5 Å². The molecule has 0 spiro atoms. The van der Waals surface area contributed by atoms with Gasteiger partial charge in [0.25, 0.3) is 5.69 Å². The number of nitro benzene ring substituents is 1. The minimum atomic E-state index is -0.987. The number of nitro groups is 1. The first-order valence-corrected chi connectivity index (χ1v) is 8.59. The number of rotatable bonds is 6. The van der Waals surface area contributed by atoms with Crippen molar-refractivity contribution in [1.29, 1.82) is 0 Å². The van der Waals surface area contributed by atoms with Crippen molar-refractivity contribution in [3.63, 3.8) is 0 Å². The Labute approximate surface area is 169 Å². The molecule has 30 heavy (non-hydrogen) atoms. The average Bonchev–Trinajstić information content (AvgIpc) is 2.73. The fourth-order valence-corrected chi connectivity index (χ4v) is 2.94. The number of carbonyl (C=O) groups excluding carboxylic acids is 1. The fraction of sp³-hybridized carbons (Fsp3) is 0.200. The predicted octanol–water partition coefficient (Wildman–Crippen LogP) is 3.09. The van der Waals surface area contributed by atoms with Gasteiger partial charge in [-0.2, -0.15) is 0 Å². The van der Waals surface area contributed by atoms with Gasteiger partial charge in [0.1, 0.15) is 23.5 Å². The fourth-order valence-electron chi connectivity index (χ4n) is 2.94. The summed E-state index contributed by atoms with van der Waals surface area (Å²) in [5.41, 5.74) is -0.714. The highest BCUT2D eigenvalue weighted by Crippen LogP contribution is 2.35. The molecule has 0 fully saturated rings. The number of phenolic OH excluding ortho intramolecular Hbond substituents is 1. The van der Waals surface area contributed by atoms with Gasteiger partial charge in [-0.25, -0.2) is 9.59 Å². The van der Waals surface area contributed by atoms with Crippen molar-refractivity contribution in [3.8, 4) is 17.2 Å². The molecule has 0 aliphatic carbocycles. The van der Waals surface area contributed by atoms with Gasteiger partial charge >= 0.3 is 11.6 Å². The van der Waals surface area contributed by atoms with Crippen LogP contribution in [-0.4, -0.2) is 30.2 Å². The third kappa shape index (κ3) is 3.75. The highest BCUT2D eigenvalue weighted by atomic mass is 16.6. The number of fused-ring (bicyclic) bond motifs is 1. The van der Waals surface area contributed by atoms with Crippen LogP contribution in [0.15, 0.2) is 39.5 Å². The highest BCUT2D eigenvalue weighted by Gasteiger charge is 2.26. The largest absolute Gasteiger partial charge is 0.508 e. The van der Waals surface area contributed by atoms with E-state index in [1.165, 1.54) is 26.4 Å². The maximum atomic E-state index is 12.6. The molecule has 0 unspecified atom stereocenters. The number of methoxy groups -OCH3 is 2. The number of benzene rings is 2. The van der Waals surface area contributed by atoms with Gasteiger partial charge in [0.15, 0.2) is 11.5 Å². The number of carbonyl (C=O) groups is 1. The number of hydrogen-bond acceptors (Lipinski definition) is 9. The second kappa shape index (κ2) is 8.11. The molecule has 0 aliphatic heterocycles. The number of aryl methyl sites for hydroxylation is 1. The van der Waals surface area contributed by atoms with E-state index in [4.69, 9.17) is 18.6 Å². The molecule has 1 heterocycles. The first-order chi connectivity index (χ1) is 14.3. The summed E-state index contributed by atoms with van der Waals surface area (Å²) >= 11 is 0. The van der Waals surface area contributed by atoms with Crippen LogP contribution in [0.4, 0.5) is 5.69 Å². The second-order valence-electron chi connectivity index (χ2n) is 6.23. The van der Waals surface area contributed by atoms with Gasteiger partial charge in [-0.15, -0.1) is 0 Å². The van der Waals surface area contributed by atoms with E-state index < -0.39 is 22.2 Å². The van der Waals surface area contributed by atoms with Gasteiger partial charge in [-0.05, 0) is 19.1 Å². The molecule has 0 saturated carbocycles. The van der Waals surface area contributed by atoms with E-state index in [9.17, 15) is 24.8 Å². The third-order valence-electron chi connectivity index (χ3n) is 4.50. The lowest BCUT2D eigenvalue weighted by atomic mass is 10.1. The predicted molar refractivity (Wildman–Crippen MR) is 104 cm³/mol. The molecule has 0 bridgehead atoms. The number of nitrogens with zero attached hydrogens (tertiary/aromatic N) is 1. The van der Waals surface area contributed by atoms with Gasteiger partial charge < -0.3 is 23.7 Å². The lowest BCUT2D eigenvalue weighted by Crippen LogP contribution is -2.11. The summed E-state index contributed by atoms with van der Waals surface area (Å²) in [5.74, 6) is -0.838. The number of hydrogen-bond donors (Lipinski definition) is 1. The van der Waals surface area contributed by atoms with E-state index in [1.807, 2.05) is 0 Å². The van der Waals surface area contributed by atoms with E-state index in [0.717, 1.165) is 18.2 Å². The Balaban J connectivity index is 1.98. The normalized spacial score (nSPS) is 10.6. The van der Waals surface area contributed by atoms with Gasteiger partial charge in [-0.1, -0.05) is 0 Å². The van der Waals surface area contributed by atoms with Gasteiger partial charge in [0, 0.05) is 28.6 Å². The first kappa shape index (κ1) is 20.6. The summed E-state index contributed by atoms with van der Waals surface area (Å²) in [6.07, 6.45) is 0. The number of phenols is 1. The molecule has 156 valence electrons. The molecule has 3 rings (SSSR count). The SMILES string of the molecule is COc1cc(C(=O)OCc2cc(=O)oc3c(C)c(O)ccc23)c([N+](=O)[O-])cc1OC. The zero-order valence-electron chi connectivity index (χ0n) is 16.3. The van der Waals surface area contributed by atoms with Crippen LogP contribution in [0.2, 0.25) is 0 Å². The summed E-state index contributed by atoms with van der Waals surface area (Å²) in [4.78, 5) is 35.1. The number of aromatic hydroxyl groups is 1. The molecule has 0 radical (unpaired) electrons. The van der Waals surface area contributed by atoms with Crippen molar-refractivity contribution in [2.75, 3.05) is 14.2 Å². The Morgan fingerprint density at radius 2 is 1.83 bits per heavy atom. The van der Waals surface area contributed by atoms with Crippen LogP contribution in [0.1, 0.15) is 21.5 Å². The number of esters is 1. The summed E-state index contributed by atoms with van der Waals surface area (Å²) in [5, 5.41) is 21.6. The van der Waals surface area contributed by atoms with Crippen LogP contribution in [0.3, 0.4) is 0 Å². The van der Waals surface area contributed by atoms with Gasteiger partial charge in [0.05, 0.1) is 25.2 Å². The molecule has 0 saturated heterocycles. The first-order valence-electron chi connectivity index (χ1n) is 8.59. The van der Waals surface area contributed by atoms with E-state index >= 15 is 0 Å². The highest BCUT2D eigenvalue weighted by molar-refractivity contribution is 5.95. The number of ether oxygens (including phenoxy) is 3. The van der Waals surface area contributed by atoms with Crippen LogP contribution in [-0.2, 0) is 11.3 Å². The minimum Gasteiger partial charge on any atom is -0.508 e. The Kier molecular flexibility index (Phi) is 5.58. The summed E-state index contributed by atoms with van der Waals surface area (Å²) in [7, 11) is 2.64. The Bertz CT molecular complexity index is 1210. The van der Waals surface area contributed by atoms with E-state index in [2.05, 4.69) is 0 Å². The maximum absolute atomic E-state index is 12.6. The van der Waals surface area contributed by atoms with Crippen molar-refractivity contribution in [1.82, 2.24) is 0 Å². The van der Waals surface area contributed by atoms with Crippen LogP contribution in [0, 0.1) is 17.0 Å². The summed E-state index contributed by atoms with van der Waals surface area (Å²) in [6, 6.07) is 6.30. The van der Waals surface area contributed by atoms with Crippen LogP contribution in [0.5, 0.6) is 17.2 Å². The quantitative estimate of drug-likeness (QED) is 0.278. The zero-order valence-corrected chi connectivity index (χ0v) is 16.3. The van der Waals surface area contributed by atoms with Crippen molar-refractivity contribution >= 4 is 22.6 Å². The monoisotopic (exact) mass is 415 g/mol. The molecule has 10 heteroatoms. The van der Waals surface area contributed by atoms with Gasteiger partial charge in [0.2, 0.25) is 0 Å². The molecule has 2 aromatic carbocycles. The summed E-state index contributed by atoms with van der Waals surface area (Å²) in [6.45, 7) is 1.22. The lowest BCUT2D eigenvalue weighted by molar-refractivity contribution is -0.385. The topological polar surface area (TPSA) is 138 Å². The molecule has 0 amide bonds. The van der Waals surface area contributed by atoms with E-state index in [-0.39, 0.29) is 35.0 Å². The second-order valence-corrected chi connectivity index (χ2v) is 6.23. The smallest absolute Gasteiger partial charge is 0.345 e. The molecular formula is C20H17NO9. The van der Waals surface area contributed by atoms with Crippen molar-refractivity contribution in [3.05, 3.63) is 67.6 Å². The minimum absolute atomic E-state index is 0.0549. The van der Waals surface area contributed by atoms with E-state index in [0.29, 0.717) is 16.5 Å². The van der Waals surface area contributed by atoms with Crippen LogP contribution in [0.25, 0.3) is 11.0 Å². The van der Waals surface area contributed by atoms with E-state index in [1.54, 1.807) is 6.92 Å². The Hall–Kier alpha value is -4.08. The Morgan fingerprint density at radius 1 is 1.17 bits per heavy atom. The standard InChI is InChI=1S/C20H17NO9/c1-10-15(22)5-4-12-11(6-18(23)30-19(10)12)9-29-20(24)13-7-16(27-2)17(28-3)8-14(13)21(25)26/h4-8,22H,9H2,1-3H3. The van der Waals surface area contributed by atoms with Crippen molar-refractivity contribution in [2.24, 2.45) is 0 Å². The summed E-state index contributed by atoms with van der Waals surface area (Å²) < 4.78 is 20.5. The van der Waals surface area contributed by atoms with Crippen LogP contribution >= 0.6 is 0 Å². The average molecular weight is 415 g/mol. The molecule has 1 N–H and O–H groups in total. The molecule has 0 aliphatic rings. The van der Waals surface area contributed by atoms with Gasteiger partial charge in [-0.3, -0.25) is 10.1 Å². The molecular weight excluding hydrogens is 398 g/mol. The molecule has 1 aromatic heterocycles. The Morgan fingerprint density at radius 3 is 2.47 bits per heavy atom. The zero-order chi connectivity index (χ0) is 22.0. The molecule has 0 atom stereocenters. The molecule has 10 nitrogen and oxygen atoms in total. The maximum Gasteiger partial charge on any atom is 0.345 e.